The molecule has 1 heterocycles. The predicted molar refractivity (Wildman–Crippen MR) is 74.0 cm³/mol. The molecule has 1 aromatic carbocycles. The molecule has 0 atom stereocenters. The SMILES string of the molecule is CN(CCc1ccc2c(c1)CC(=O)N2)C(=O)CS. The van der Waals surface area contributed by atoms with Crippen LogP contribution in [0.25, 0.3) is 0 Å². The third-order valence-corrected chi connectivity index (χ3v) is 3.36. The van der Waals surface area contributed by atoms with E-state index < -0.39 is 0 Å². The predicted octanol–water partition coefficient (Wildman–Crippen LogP) is 1.11. The second kappa shape index (κ2) is 5.44. The van der Waals surface area contributed by atoms with Gasteiger partial charge in [0.2, 0.25) is 11.8 Å². The van der Waals surface area contributed by atoms with Crippen LogP contribution in [0.2, 0.25) is 0 Å². The van der Waals surface area contributed by atoms with Crippen LogP contribution in [-0.2, 0) is 22.4 Å². The number of carbonyl (C=O) groups is 2. The topological polar surface area (TPSA) is 49.4 Å². The van der Waals surface area contributed by atoms with Crippen molar-refractivity contribution < 1.29 is 9.59 Å². The van der Waals surface area contributed by atoms with Crippen molar-refractivity contribution >= 4 is 30.1 Å². The minimum Gasteiger partial charge on any atom is -0.345 e. The molecular weight excluding hydrogens is 248 g/mol. The van der Waals surface area contributed by atoms with E-state index in [2.05, 4.69) is 17.9 Å². The first-order chi connectivity index (χ1) is 8.60. The van der Waals surface area contributed by atoms with Crippen LogP contribution in [0.4, 0.5) is 5.69 Å². The molecule has 18 heavy (non-hydrogen) atoms. The maximum atomic E-state index is 11.4. The van der Waals surface area contributed by atoms with Gasteiger partial charge in [0.15, 0.2) is 0 Å². The summed E-state index contributed by atoms with van der Waals surface area (Å²) in [6.45, 7) is 0.666. The number of fused-ring (bicyclic) bond motifs is 1. The first kappa shape index (κ1) is 13.0. The molecule has 0 unspecified atom stereocenters. The van der Waals surface area contributed by atoms with E-state index >= 15 is 0 Å². The number of benzene rings is 1. The van der Waals surface area contributed by atoms with E-state index in [1.165, 1.54) is 0 Å². The minimum atomic E-state index is 0.0244. The zero-order valence-electron chi connectivity index (χ0n) is 10.3. The molecule has 0 spiro atoms. The number of hydrogen-bond donors (Lipinski definition) is 2. The number of likely N-dealkylation sites (N-methyl/N-ethyl adjacent to an activating group) is 1. The van der Waals surface area contributed by atoms with E-state index in [0.29, 0.717) is 13.0 Å². The van der Waals surface area contributed by atoms with Gasteiger partial charge in [-0.3, -0.25) is 9.59 Å². The Morgan fingerprint density at radius 2 is 2.28 bits per heavy atom. The number of hydrogen-bond acceptors (Lipinski definition) is 3. The molecule has 0 aromatic heterocycles. The molecule has 0 fully saturated rings. The fourth-order valence-corrected chi connectivity index (χ4v) is 2.22. The first-order valence-electron chi connectivity index (χ1n) is 5.86. The lowest BCUT2D eigenvalue weighted by Crippen LogP contribution is -2.29. The summed E-state index contributed by atoms with van der Waals surface area (Å²) < 4.78 is 0. The van der Waals surface area contributed by atoms with Crippen molar-refractivity contribution in [3.05, 3.63) is 29.3 Å². The first-order valence-corrected chi connectivity index (χ1v) is 6.50. The second-order valence-electron chi connectivity index (χ2n) is 4.44. The molecule has 0 radical (unpaired) electrons. The zero-order valence-corrected chi connectivity index (χ0v) is 11.2. The number of anilines is 1. The second-order valence-corrected chi connectivity index (χ2v) is 4.76. The number of carbonyl (C=O) groups excluding carboxylic acids is 2. The van der Waals surface area contributed by atoms with Gasteiger partial charge in [-0.1, -0.05) is 12.1 Å². The minimum absolute atomic E-state index is 0.0244. The van der Waals surface area contributed by atoms with E-state index in [1.54, 1.807) is 11.9 Å². The van der Waals surface area contributed by atoms with Crippen molar-refractivity contribution in [1.29, 1.82) is 0 Å². The van der Waals surface area contributed by atoms with Gasteiger partial charge in [-0.15, -0.1) is 0 Å². The number of nitrogens with zero attached hydrogens (tertiary/aromatic N) is 1. The van der Waals surface area contributed by atoms with E-state index in [4.69, 9.17) is 0 Å². The van der Waals surface area contributed by atoms with Gasteiger partial charge in [-0.25, -0.2) is 0 Å². The monoisotopic (exact) mass is 264 g/mol. The Hall–Kier alpha value is -1.49. The molecule has 5 heteroatoms. The van der Waals surface area contributed by atoms with Crippen LogP contribution in [0.15, 0.2) is 18.2 Å². The smallest absolute Gasteiger partial charge is 0.232 e. The van der Waals surface area contributed by atoms with Crippen LogP contribution in [0.3, 0.4) is 0 Å². The largest absolute Gasteiger partial charge is 0.345 e. The van der Waals surface area contributed by atoms with Crippen LogP contribution in [-0.4, -0.2) is 36.1 Å². The van der Waals surface area contributed by atoms with E-state index in [0.717, 1.165) is 23.2 Å². The lowest BCUT2D eigenvalue weighted by molar-refractivity contribution is -0.127. The molecule has 4 nitrogen and oxygen atoms in total. The van der Waals surface area contributed by atoms with Crippen molar-refractivity contribution in [2.24, 2.45) is 0 Å². The van der Waals surface area contributed by atoms with Crippen molar-refractivity contribution in [1.82, 2.24) is 4.90 Å². The summed E-state index contributed by atoms with van der Waals surface area (Å²) in [5.74, 6) is 0.305. The van der Waals surface area contributed by atoms with Gasteiger partial charge in [-0.05, 0) is 23.6 Å². The maximum absolute atomic E-state index is 11.4. The fraction of sp³-hybridized carbons (Fsp3) is 0.385. The maximum Gasteiger partial charge on any atom is 0.232 e. The highest BCUT2D eigenvalue weighted by atomic mass is 32.1. The summed E-state index contributed by atoms with van der Waals surface area (Å²) in [4.78, 5) is 24.3. The summed E-state index contributed by atoms with van der Waals surface area (Å²) in [5.41, 5.74) is 3.09. The summed E-state index contributed by atoms with van der Waals surface area (Å²) >= 11 is 3.96. The Balaban J connectivity index is 1.97. The average molecular weight is 264 g/mol. The summed E-state index contributed by atoms with van der Waals surface area (Å²) in [5, 5.41) is 2.80. The van der Waals surface area contributed by atoms with Crippen molar-refractivity contribution in [3.63, 3.8) is 0 Å². The Morgan fingerprint density at radius 1 is 1.50 bits per heavy atom. The van der Waals surface area contributed by atoms with Gasteiger partial charge in [0.05, 0.1) is 12.2 Å². The van der Waals surface area contributed by atoms with Gasteiger partial charge >= 0.3 is 0 Å². The molecule has 1 N–H and O–H groups in total. The molecule has 2 rings (SSSR count). The Bertz CT molecular complexity index is 488. The molecule has 0 bridgehead atoms. The van der Waals surface area contributed by atoms with Gasteiger partial charge < -0.3 is 10.2 Å². The highest BCUT2D eigenvalue weighted by Crippen LogP contribution is 2.23. The van der Waals surface area contributed by atoms with Crippen LogP contribution < -0.4 is 5.32 Å². The van der Waals surface area contributed by atoms with E-state index in [1.807, 2.05) is 18.2 Å². The molecule has 1 aliphatic heterocycles. The number of amides is 2. The molecule has 1 aromatic rings. The molecule has 2 amide bonds. The summed E-state index contributed by atoms with van der Waals surface area (Å²) in [7, 11) is 1.77. The average Bonchev–Trinajstić information content (AvgIpc) is 2.74. The molecule has 0 saturated carbocycles. The molecule has 96 valence electrons. The lowest BCUT2D eigenvalue weighted by atomic mass is 10.1. The van der Waals surface area contributed by atoms with Gasteiger partial charge in [0, 0.05) is 19.3 Å². The fourth-order valence-electron chi connectivity index (χ4n) is 1.98. The normalized spacial score (nSPS) is 13.1. The van der Waals surface area contributed by atoms with Crippen LogP contribution >= 0.6 is 12.6 Å². The lowest BCUT2D eigenvalue weighted by Gasteiger charge is -2.16. The van der Waals surface area contributed by atoms with Crippen molar-refractivity contribution in [2.45, 2.75) is 12.8 Å². The summed E-state index contributed by atoms with van der Waals surface area (Å²) in [6.07, 6.45) is 1.24. The van der Waals surface area contributed by atoms with Crippen molar-refractivity contribution in [2.75, 3.05) is 24.7 Å². The summed E-state index contributed by atoms with van der Waals surface area (Å²) in [6, 6.07) is 5.95. The van der Waals surface area contributed by atoms with Crippen LogP contribution in [0.1, 0.15) is 11.1 Å². The molecule has 1 aliphatic rings. The molecule has 0 aliphatic carbocycles. The Labute approximate surface area is 112 Å². The third kappa shape index (κ3) is 2.85. The number of nitrogens with one attached hydrogen (secondary N) is 1. The quantitative estimate of drug-likeness (QED) is 0.800. The van der Waals surface area contributed by atoms with Crippen molar-refractivity contribution in [3.8, 4) is 0 Å². The zero-order chi connectivity index (χ0) is 13.1. The third-order valence-electron chi connectivity index (χ3n) is 3.09. The number of rotatable bonds is 4. The Kier molecular flexibility index (Phi) is 3.91. The molecule has 0 saturated heterocycles. The van der Waals surface area contributed by atoms with Gasteiger partial charge in [0.1, 0.15) is 0 Å². The van der Waals surface area contributed by atoms with E-state index in [-0.39, 0.29) is 17.6 Å². The standard InChI is InChI=1S/C13H16N2O2S/c1-15(13(17)8-18)5-4-9-2-3-11-10(6-9)7-12(16)14-11/h2-3,6,18H,4-5,7-8H2,1H3,(H,14,16). The van der Waals surface area contributed by atoms with Gasteiger partial charge in [0.25, 0.3) is 0 Å². The van der Waals surface area contributed by atoms with Crippen LogP contribution in [0, 0.1) is 0 Å². The van der Waals surface area contributed by atoms with Crippen LogP contribution in [0.5, 0.6) is 0 Å². The van der Waals surface area contributed by atoms with E-state index in [9.17, 15) is 9.59 Å². The number of thiol groups is 1. The Morgan fingerprint density at radius 3 is 3.00 bits per heavy atom. The molecular formula is C13H16N2O2S. The highest BCUT2D eigenvalue weighted by molar-refractivity contribution is 7.81. The van der Waals surface area contributed by atoms with Gasteiger partial charge in [-0.2, -0.15) is 12.6 Å². The highest BCUT2D eigenvalue weighted by Gasteiger charge is 2.17.